The fourth-order valence-corrected chi connectivity index (χ4v) is 3.80. The number of benzene rings is 1. The van der Waals surface area contributed by atoms with Crippen molar-refractivity contribution < 1.29 is 9.59 Å². The van der Waals surface area contributed by atoms with Crippen molar-refractivity contribution in [3.8, 4) is 0 Å². The van der Waals surface area contributed by atoms with E-state index >= 15 is 0 Å². The van der Waals surface area contributed by atoms with Gasteiger partial charge in [0.1, 0.15) is 10.8 Å². The largest absolute Gasteiger partial charge is 0.322 e. The van der Waals surface area contributed by atoms with Crippen LogP contribution < -0.4 is 10.6 Å². The molecule has 0 saturated carbocycles. The minimum atomic E-state index is -0.234. The van der Waals surface area contributed by atoms with E-state index in [1.807, 2.05) is 24.3 Å². The van der Waals surface area contributed by atoms with Crippen LogP contribution in [0.3, 0.4) is 0 Å². The van der Waals surface area contributed by atoms with Crippen molar-refractivity contribution in [3.63, 3.8) is 0 Å². The summed E-state index contributed by atoms with van der Waals surface area (Å²) in [5.41, 5.74) is 3.04. The average molecular weight is 418 g/mol. The van der Waals surface area contributed by atoms with Gasteiger partial charge in [0.2, 0.25) is 5.91 Å². The van der Waals surface area contributed by atoms with Crippen molar-refractivity contribution in [3.05, 3.63) is 72.2 Å². The Morgan fingerprint density at radius 1 is 1.07 bits per heavy atom. The molecule has 8 nitrogen and oxygen atoms in total. The number of hydrogen-bond donors (Lipinski definition) is 3. The Balaban J connectivity index is 1.48. The van der Waals surface area contributed by atoms with E-state index < -0.39 is 0 Å². The molecule has 3 N–H and O–H groups in total. The zero-order valence-electron chi connectivity index (χ0n) is 16.0. The number of pyridine rings is 2. The fourth-order valence-electron chi connectivity index (χ4n) is 2.86. The van der Waals surface area contributed by atoms with Gasteiger partial charge < -0.3 is 10.6 Å². The average Bonchev–Trinajstić information content (AvgIpc) is 3.20. The number of rotatable bonds is 6. The van der Waals surface area contributed by atoms with Gasteiger partial charge in [0, 0.05) is 36.1 Å². The molecule has 0 saturated heterocycles. The molecule has 2 amide bonds. The van der Waals surface area contributed by atoms with Crippen LogP contribution in [0, 0.1) is 0 Å². The highest BCUT2D eigenvalue weighted by Gasteiger charge is 2.14. The predicted molar refractivity (Wildman–Crippen MR) is 116 cm³/mol. The van der Waals surface area contributed by atoms with E-state index in [9.17, 15) is 9.59 Å². The Morgan fingerprint density at radius 3 is 2.83 bits per heavy atom. The van der Waals surface area contributed by atoms with Gasteiger partial charge in [-0.05, 0) is 48.0 Å². The summed E-state index contributed by atoms with van der Waals surface area (Å²) < 4.78 is 0. The van der Waals surface area contributed by atoms with Crippen molar-refractivity contribution in [2.75, 3.05) is 10.6 Å². The molecule has 0 radical (unpaired) electrons. The van der Waals surface area contributed by atoms with Crippen LogP contribution in [0.2, 0.25) is 0 Å². The van der Waals surface area contributed by atoms with Gasteiger partial charge in [-0.3, -0.25) is 14.7 Å². The molecule has 9 heteroatoms. The summed E-state index contributed by atoms with van der Waals surface area (Å²) in [7, 11) is 0. The highest BCUT2D eigenvalue weighted by atomic mass is 32.2. The number of fused-ring (bicyclic) bond motifs is 1. The molecule has 3 aromatic heterocycles. The number of amides is 2. The smallest absolute Gasteiger partial charge is 0.258 e. The lowest BCUT2D eigenvalue weighted by molar-refractivity contribution is -0.114. The number of H-pyrrole nitrogens is 1. The van der Waals surface area contributed by atoms with Gasteiger partial charge in [-0.15, -0.1) is 11.8 Å². The van der Waals surface area contributed by atoms with Gasteiger partial charge >= 0.3 is 0 Å². The summed E-state index contributed by atoms with van der Waals surface area (Å²) in [5, 5.41) is 14.0. The van der Waals surface area contributed by atoms with E-state index in [4.69, 9.17) is 0 Å². The lowest BCUT2D eigenvalue weighted by Gasteiger charge is -2.10. The molecule has 3 heterocycles. The normalized spacial score (nSPS) is 10.7. The van der Waals surface area contributed by atoms with E-state index in [1.165, 1.54) is 18.7 Å². The first-order valence-electron chi connectivity index (χ1n) is 9.13. The summed E-state index contributed by atoms with van der Waals surface area (Å²) in [6, 6.07) is 12.7. The number of thioether (sulfide) groups is 1. The Bertz CT molecular complexity index is 1220. The quantitative estimate of drug-likeness (QED) is 0.410. The maximum absolute atomic E-state index is 12.9. The third-order valence-electron chi connectivity index (χ3n) is 4.22. The second-order valence-corrected chi connectivity index (χ2v) is 7.47. The van der Waals surface area contributed by atoms with Gasteiger partial charge in [-0.25, -0.2) is 9.97 Å². The SMILES string of the molecule is CC(=O)Nc1cc(CSc2ncccc2C(=O)Nc2ccc3[nH]ncc3c2)ccn1. The molecule has 0 aliphatic rings. The molecule has 0 fully saturated rings. The topological polar surface area (TPSA) is 113 Å². The van der Waals surface area contributed by atoms with Gasteiger partial charge in [0.25, 0.3) is 5.91 Å². The minimum Gasteiger partial charge on any atom is -0.322 e. The highest BCUT2D eigenvalue weighted by Crippen LogP contribution is 2.26. The molecule has 0 unspecified atom stereocenters. The summed E-state index contributed by atoms with van der Waals surface area (Å²) in [4.78, 5) is 32.6. The Hall–Kier alpha value is -3.72. The van der Waals surface area contributed by atoms with E-state index in [1.54, 1.807) is 36.8 Å². The zero-order chi connectivity index (χ0) is 20.9. The second-order valence-electron chi connectivity index (χ2n) is 6.50. The van der Waals surface area contributed by atoms with Crippen LogP contribution in [0.25, 0.3) is 10.9 Å². The van der Waals surface area contributed by atoms with Gasteiger partial charge in [0.05, 0.1) is 17.3 Å². The van der Waals surface area contributed by atoms with Crippen LogP contribution in [0.1, 0.15) is 22.8 Å². The molecule has 1 aromatic carbocycles. The van der Waals surface area contributed by atoms with E-state index in [0.717, 1.165) is 16.5 Å². The fraction of sp³-hybridized carbons (Fsp3) is 0.0952. The molecular weight excluding hydrogens is 400 g/mol. The van der Waals surface area contributed by atoms with Crippen LogP contribution in [0.4, 0.5) is 11.5 Å². The number of nitrogens with zero attached hydrogens (tertiary/aromatic N) is 3. The lowest BCUT2D eigenvalue weighted by atomic mass is 10.2. The number of carbonyl (C=O) groups is 2. The number of carbonyl (C=O) groups excluding carboxylic acids is 2. The summed E-state index contributed by atoms with van der Waals surface area (Å²) in [6.45, 7) is 1.44. The van der Waals surface area contributed by atoms with Crippen LogP contribution in [-0.2, 0) is 10.5 Å². The molecule has 4 aromatic rings. The molecule has 0 atom stereocenters. The van der Waals surface area contributed by atoms with Gasteiger partial charge in [0.15, 0.2) is 0 Å². The third-order valence-corrected chi connectivity index (χ3v) is 5.29. The van der Waals surface area contributed by atoms with E-state index in [0.29, 0.717) is 27.8 Å². The Kier molecular flexibility index (Phi) is 5.71. The number of hydrogen-bond acceptors (Lipinski definition) is 6. The van der Waals surface area contributed by atoms with Crippen molar-refractivity contribution in [1.82, 2.24) is 20.2 Å². The zero-order valence-corrected chi connectivity index (χ0v) is 16.9. The van der Waals surface area contributed by atoms with Crippen molar-refractivity contribution in [2.45, 2.75) is 17.7 Å². The molecule has 0 spiro atoms. The van der Waals surface area contributed by atoms with Crippen molar-refractivity contribution >= 4 is 46.0 Å². The molecular formula is C21H18N6O2S. The Morgan fingerprint density at radius 2 is 1.97 bits per heavy atom. The molecule has 150 valence electrons. The maximum Gasteiger partial charge on any atom is 0.258 e. The first-order chi connectivity index (χ1) is 14.6. The molecule has 4 rings (SSSR count). The molecule has 0 aliphatic carbocycles. The Labute approximate surface area is 176 Å². The predicted octanol–water partition coefficient (Wildman–Crippen LogP) is 3.86. The van der Waals surface area contributed by atoms with Crippen molar-refractivity contribution in [2.24, 2.45) is 0 Å². The second kappa shape index (κ2) is 8.75. The highest BCUT2D eigenvalue weighted by molar-refractivity contribution is 7.98. The lowest BCUT2D eigenvalue weighted by Crippen LogP contribution is -2.13. The van der Waals surface area contributed by atoms with Gasteiger partial charge in [-0.2, -0.15) is 5.10 Å². The van der Waals surface area contributed by atoms with Gasteiger partial charge in [-0.1, -0.05) is 0 Å². The molecule has 0 bridgehead atoms. The number of aromatic nitrogens is 4. The first-order valence-corrected chi connectivity index (χ1v) is 10.1. The standard InChI is InChI=1S/C21H18N6O2S/c1-13(28)25-19-9-14(6-8-22-19)12-30-21-17(3-2-7-23-21)20(29)26-16-4-5-18-15(10-16)11-24-27-18/h2-11H,12H2,1H3,(H,24,27)(H,26,29)(H,22,25,28). The number of anilines is 2. The van der Waals surface area contributed by atoms with Crippen molar-refractivity contribution in [1.29, 1.82) is 0 Å². The molecule has 30 heavy (non-hydrogen) atoms. The van der Waals surface area contributed by atoms with Crippen LogP contribution in [0.15, 0.2) is 66.1 Å². The van der Waals surface area contributed by atoms with Crippen LogP contribution in [-0.4, -0.2) is 32.0 Å². The third kappa shape index (κ3) is 4.64. The number of nitrogens with one attached hydrogen (secondary N) is 3. The van der Waals surface area contributed by atoms with E-state index in [2.05, 4.69) is 30.8 Å². The summed E-state index contributed by atoms with van der Waals surface area (Å²) >= 11 is 1.44. The van der Waals surface area contributed by atoms with E-state index in [-0.39, 0.29) is 11.8 Å². The minimum absolute atomic E-state index is 0.176. The molecule has 0 aliphatic heterocycles. The summed E-state index contributed by atoms with van der Waals surface area (Å²) in [5.74, 6) is 0.661. The van der Waals surface area contributed by atoms with Crippen LogP contribution >= 0.6 is 11.8 Å². The maximum atomic E-state index is 12.9. The summed E-state index contributed by atoms with van der Waals surface area (Å²) in [6.07, 6.45) is 5.01. The number of aromatic amines is 1. The monoisotopic (exact) mass is 418 g/mol. The van der Waals surface area contributed by atoms with Crippen LogP contribution in [0.5, 0.6) is 0 Å². The first kappa shape index (κ1) is 19.6.